The van der Waals surface area contributed by atoms with Crippen LogP contribution < -0.4 is 0 Å². The van der Waals surface area contributed by atoms with Crippen molar-refractivity contribution in [2.24, 2.45) is 0 Å². The topological polar surface area (TPSA) is 28.7 Å². The van der Waals surface area contributed by atoms with E-state index in [1.165, 1.54) is 0 Å². The number of fused-ring (bicyclic) bond motifs is 2. The Morgan fingerprint density at radius 3 is 2.42 bits per heavy atom. The van der Waals surface area contributed by atoms with E-state index in [1.807, 2.05) is 42.5 Å². The third-order valence-electron chi connectivity index (χ3n) is 3.95. The molecule has 120 valence electrons. The lowest BCUT2D eigenvalue weighted by molar-refractivity contribution is 0.937. The monoisotopic (exact) mass is 394 g/mol. The number of aromatic amines is 1. The first-order chi connectivity index (χ1) is 11.5. The summed E-state index contributed by atoms with van der Waals surface area (Å²) in [5.74, 6) is 0.426. The highest BCUT2D eigenvalue weighted by atomic mass is 35.5. The molecule has 1 N–H and O–H groups in total. The number of alkyl halides is 2. The molecule has 0 atom stereocenters. The highest BCUT2D eigenvalue weighted by molar-refractivity contribution is 6.50. The second kappa shape index (κ2) is 5.82. The average molecular weight is 396 g/mol. The minimum atomic E-state index is -1.33. The SMILES string of the molecule is Clc1cc2nc(C(Cl)(Cl)c3cccc4ccccc34)[nH]c2cc1Cl. The number of aromatic nitrogens is 2. The van der Waals surface area contributed by atoms with Crippen LogP contribution in [0.25, 0.3) is 21.8 Å². The Kier molecular flexibility index (Phi) is 3.89. The molecule has 3 aromatic carbocycles. The third-order valence-corrected chi connectivity index (χ3v) is 5.44. The summed E-state index contributed by atoms with van der Waals surface area (Å²) >= 11 is 25.6. The Bertz CT molecular complexity index is 1020. The van der Waals surface area contributed by atoms with E-state index in [9.17, 15) is 0 Å². The van der Waals surface area contributed by atoms with Gasteiger partial charge in [0, 0.05) is 5.56 Å². The Labute approximate surface area is 158 Å². The van der Waals surface area contributed by atoms with E-state index in [0.717, 1.165) is 21.9 Å². The number of nitrogens with zero attached hydrogens (tertiary/aromatic N) is 1. The second-order valence-corrected chi connectivity index (χ2v) is 7.61. The van der Waals surface area contributed by atoms with Crippen molar-refractivity contribution in [1.29, 1.82) is 0 Å². The fraction of sp³-hybridized carbons (Fsp3) is 0.0556. The number of halogens is 4. The van der Waals surface area contributed by atoms with Gasteiger partial charge in [-0.2, -0.15) is 0 Å². The Balaban J connectivity index is 1.93. The van der Waals surface area contributed by atoms with Crippen LogP contribution in [0.2, 0.25) is 10.0 Å². The summed E-state index contributed by atoms with van der Waals surface area (Å²) in [4.78, 5) is 7.66. The Morgan fingerprint density at radius 1 is 0.875 bits per heavy atom. The van der Waals surface area contributed by atoms with Crippen LogP contribution in [0.4, 0.5) is 0 Å². The fourth-order valence-corrected chi connectivity index (χ4v) is 3.61. The fourth-order valence-electron chi connectivity index (χ4n) is 2.78. The summed E-state index contributed by atoms with van der Waals surface area (Å²) in [5.41, 5.74) is 2.15. The molecule has 4 rings (SSSR count). The molecule has 0 radical (unpaired) electrons. The van der Waals surface area contributed by atoms with E-state index in [2.05, 4.69) is 9.97 Å². The summed E-state index contributed by atoms with van der Waals surface area (Å²) in [6.07, 6.45) is 0. The Morgan fingerprint density at radius 2 is 1.58 bits per heavy atom. The van der Waals surface area contributed by atoms with Gasteiger partial charge in [-0.3, -0.25) is 0 Å². The van der Waals surface area contributed by atoms with Crippen LogP contribution in [0.1, 0.15) is 11.4 Å². The molecule has 0 unspecified atom stereocenters. The van der Waals surface area contributed by atoms with Crippen molar-refractivity contribution in [3.63, 3.8) is 0 Å². The minimum Gasteiger partial charge on any atom is -0.339 e. The first-order valence-electron chi connectivity index (χ1n) is 7.18. The van der Waals surface area contributed by atoms with Gasteiger partial charge in [0.2, 0.25) is 4.33 Å². The van der Waals surface area contributed by atoms with Crippen molar-refractivity contribution in [2.45, 2.75) is 4.33 Å². The molecule has 0 aliphatic carbocycles. The summed E-state index contributed by atoms with van der Waals surface area (Å²) in [6, 6.07) is 17.2. The zero-order valence-electron chi connectivity index (χ0n) is 12.2. The van der Waals surface area contributed by atoms with Gasteiger partial charge in [-0.25, -0.2) is 4.98 Å². The lowest BCUT2D eigenvalue weighted by atomic mass is 10.0. The number of nitrogens with one attached hydrogen (secondary N) is 1. The first kappa shape index (κ1) is 16.0. The molecule has 0 aliphatic rings. The molecule has 0 bridgehead atoms. The summed E-state index contributed by atoms with van der Waals surface area (Å²) in [6.45, 7) is 0. The van der Waals surface area contributed by atoms with Gasteiger partial charge in [-0.15, -0.1) is 0 Å². The number of H-pyrrole nitrogens is 1. The molecular weight excluding hydrogens is 386 g/mol. The van der Waals surface area contributed by atoms with E-state index < -0.39 is 4.33 Å². The summed E-state index contributed by atoms with van der Waals surface area (Å²) in [5, 5.41) is 2.91. The molecule has 6 heteroatoms. The maximum atomic E-state index is 6.72. The lowest BCUT2D eigenvalue weighted by Gasteiger charge is -2.19. The van der Waals surface area contributed by atoms with Crippen molar-refractivity contribution in [2.75, 3.05) is 0 Å². The van der Waals surface area contributed by atoms with E-state index >= 15 is 0 Å². The molecule has 0 spiro atoms. The molecule has 1 aromatic heterocycles. The van der Waals surface area contributed by atoms with Gasteiger partial charge >= 0.3 is 0 Å². The van der Waals surface area contributed by atoms with Crippen LogP contribution in [-0.4, -0.2) is 9.97 Å². The van der Waals surface area contributed by atoms with E-state index in [1.54, 1.807) is 12.1 Å². The molecule has 24 heavy (non-hydrogen) atoms. The Hall–Kier alpha value is -1.45. The van der Waals surface area contributed by atoms with Crippen LogP contribution in [0.15, 0.2) is 54.6 Å². The number of hydrogen-bond acceptors (Lipinski definition) is 1. The van der Waals surface area contributed by atoms with E-state index in [4.69, 9.17) is 46.4 Å². The predicted octanol–water partition coefficient (Wildman–Crippen LogP) is 6.70. The molecule has 0 amide bonds. The number of imidazole rings is 1. The third kappa shape index (κ3) is 2.55. The van der Waals surface area contributed by atoms with Gasteiger partial charge in [0.25, 0.3) is 0 Å². The molecule has 1 heterocycles. The zero-order chi connectivity index (χ0) is 16.9. The van der Waals surface area contributed by atoms with Gasteiger partial charge in [0.05, 0.1) is 21.1 Å². The van der Waals surface area contributed by atoms with Crippen LogP contribution in [0.3, 0.4) is 0 Å². The maximum absolute atomic E-state index is 6.72. The molecular formula is C18H10Cl4N2. The molecule has 0 saturated carbocycles. The summed E-state index contributed by atoms with van der Waals surface area (Å²) < 4.78 is -1.33. The van der Waals surface area contributed by atoms with E-state index in [-0.39, 0.29) is 0 Å². The normalized spacial score (nSPS) is 12.2. The predicted molar refractivity (Wildman–Crippen MR) is 103 cm³/mol. The molecule has 4 aromatic rings. The second-order valence-electron chi connectivity index (χ2n) is 5.47. The standard InChI is InChI=1S/C18H10Cl4N2/c19-13-8-15-16(9-14(13)20)24-17(23-15)18(21,22)12-7-3-5-10-4-1-2-6-11(10)12/h1-9H,(H,23,24). The van der Waals surface area contributed by atoms with E-state index in [0.29, 0.717) is 21.4 Å². The smallest absolute Gasteiger partial charge is 0.200 e. The van der Waals surface area contributed by atoms with Crippen molar-refractivity contribution in [1.82, 2.24) is 9.97 Å². The number of hydrogen-bond donors (Lipinski definition) is 1. The van der Waals surface area contributed by atoms with Crippen molar-refractivity contribution >= 4 is 68.2 Å². The largest absolute Gasteiger partial charge is 0.339 e. The van der Waals surface area contributed by atoms with Crippen molar-refractivity contribution in [3.05, 3.63) is 76.0 Å². The maximum Gasteiger partial charge on any atom is 0.200 e. The molecule has 0 aliphatic heterocycles. The van der Waals surface area contributed by atoms with Gasteiger partial charge in [0.1, 0.15) is 5.82 Å². The van der Waals surface area contributed by atoms with Crippen LogP contribution >= 0.6 is 46.4 Å². The molecule has 0 fully saturated rings. The van der Waals surface area contributed by atoms with Gasteiger partial charge in [-0.1, -0.05) is 88.9 Å². The average Bonchev–Trinajstić information content (AvgIpc) is 2.98. The van der Waals surface area contributed by atoms with Gasteiger partial charge in [0.15, 0.2) is 0 Å². The van der Waals surface area contributed by atoms with Gasteiger partial charge < -0.3 is 4.98 Å². The molecule has 2 nitrogen and oxygen atoms in total. The van der Waals surface area contributed by atoms with Crippen molar-refractivity contribution < 1.29 is 0 Å². The highest BCUT2D eigenvalue weighted by Crippen LogP contribution is 2.43. The number of rotatable bonds is 2. The lowest BCUT2D eigenvalue weighted by Crippen LogP contribution is -2.15. The quantitative estimate of drug-likeness (QED) is 0.375. The van der Waals surface area contributed by atoms with Crippen LogP contribution in [-0.2, 0) is 4.33 Å². The van der Waals surface area contributed by atoms with Gasteiger partial charge in [-0.05, 0) is 22.9 Å². The van der Waals surface area contributed by atoms with Crippen molar-refractivity contribution in [3.8, 4) is 0 Å². The number of benzene rings is 3. The first-order valence-corrected chi connectivity index (χ1v) is 8.69. The summed E-state index contributed by atoms with van der Waals surface area (Å²) in [7, 11) is 0. The highest BCUT2D eigenvalue weighted by Gasteiger charge is 2.34. The van der Waals surface area contributed by atoms with Crippen LogP contribution in [0, 0.1) is 0 Å². The molecule has 0 saturated heterocycles. The minimum absolute atomic E-state index is 0.426. The van der Waals surface area contributed by atoms with Crippen LogP contribution in [0.5, 0.6) is 0 Å². The zero-order valence-corrected chi connectivity index (χ0v) is 15.2.